The van der Waals surface area contributed by atoms with Gasteiger partial charge in [0.1, 0.15) is 25.4 Å². The highest BCUT2D eigenvalue weighted by Crippen LogP contribution is 2.45. The Kier molecular flexibility index (Phi) is 92.0. The maximum Gasteiger partial charge on any atom is 0.472 e. The van der Waals surface area contributed by atoms with Crippen LogP contribution < -0.4 is 0 Å². The van der Waals surface area contributed by atoms with Gasteiger partial charge in [-0.2, -0.15) is 0 Å². The Balaban J connectivity index is 4.60. The normalized spacial score (nSPS) is 14.4. The first-order valence-corrected chi connectivity index (χ1v) is 52.4. The van der Waals surface area contributed by atoms with Gasteiger partial charge < -0.3 is 34.2 Å². The number of aliphatic hydroxyl groups excluding tert-OH is 2. The van der Waals surface area contributed by atoms with E-state index in [1.54, 1.807) is 0 Å². The summed E-state index contributed by atoms with van der Waals surface area (Å²) in [4.78, 5) is 59.2. The van der Waals surface area contributed by atoms with Crippen LogP contribution in [0, 0.1) is 0 Å². The molecule has 5 atom stereocenters. The SMILES string of the molecule is CC/C=C\C/C=C\C/C=C\C/C=C\C/C=C\CCCCCCCCCCCCCC(=O)OCC(COP(=O)(O)OCC(O)COP(=O)(O)OCC(O)COC(=O)CCCCCCCCCCCCCCCCCCC/C=C\C/C=C\C/C=C\C/C=C\CCCCC)OC(=O)CCCCCCCCCCCCC/C=C\C/C=C\C/C=C\C/C=C\C/C=C\CC. The fourth-order valence-corrected chi connectivity index (χ4v) is 15.1. The number of hydrogen-bond donors (Lipinski definition) is 4. The van der Waals surface area contributed by atoms with Crippen molar-refractivity contribution in [1.29, 1.82) is 0 Å². The van der Waals surface area contributed by atoms with Crippen LogP contribution in [0.25, 0.3) is 0 Å². The first-order valence-electron chi connectivity index (χ1n) is 49.4. The lowest BCUT2D eigenvalue weighted by Crippen LogP contribution is -2.30. The van der Waals surface area contributed by atoms with Crippen LogP contribution in [-0.4, -0.2) is 95.9 Å². The van der Waals surface area contributed by atoms with Crippen molar-refractivity contribution in [3.63, 3.8) is 0 Å². The average molecular weight is 1760 g/mol. The number of phosphoric acid groups is 2. The van der Waals surface area contributed by atoms with Gasteiger partial charge in [-0.1, -0.05) is 416 Å². The number of rotatable bonds is 93. The van der Waals surface area contributed by atoms with E-state index < -0.39 is 91.5 Å². The molecule has 0 aromatic heterocycles. The van der Waals surface area contributed by atoms with Gasteiger partial charge in [-0.05, 0) is 154 Å². The van der Waals surface area contributed by atoms with Gasteiger partial charge in [0, 0.05) is 19.3 Å². The minimum absolute atomic E-state index is 0.0958. The van der Waals surface area contributed by atoms with Gasteiger partial charge in [-0.3, -0.25) is 32.5 Å². The molecule has 0 saturated carbocycles. The molecule has 0 spiro atoms. The van der Waals surface area contributed by atoms with Gasteiger partial charge in [-0.15, -0.1) is 0 Å². The number of allylic oxidation sites excluding steroid dienone is 28. The third-order valence-electron chi connectivity index (χ3n) is 20.9. The monoisotopic (exact) mass is 1760 g/mol. The molecule has 4 N–H and O–H groups in total. The molecule has 0 bridgehead atoms. The molecule has 0 aliphatic rings. The molecule has 0 saturated heterocycles. The van der Waals surface area contributed by atoms with E-state index in [1.165, 1.54) is 193 Å². The van der Waals surface area contributed by atoms with Crippen molar-refractivity contribution in [1.82, 2.24) is 0 Å². The molecule has 706 valence electrons. The maximum atomic E-state index is 13.1. The van der Waals surface area contributed by atoms with E-state index in [1.807, 2.05) is 0 Å². The zero-order valence-corrected chi connectivity index (χ0v) is 79.9. The second-order valence-electron chi connectivity index (χ2n) is 32.8. The van der Waals surface area contributed by atoms with Crippen molar-refractivity contribution in [2.75, 3.05) is 39.6 Å². The molecule has 0 aromatic carbocycles. The highest BCUT2D eigenvalue weighted by Gasteiger charge is 2.30. The van der Waals surface area contributed by atoms with Crippen LogP contribution in [0.1, 0.15) is 419 Å². The minimum atomic E-state index is -4.95. The first-order chi connectivity index (χ1) is 60.2. The van der Waals surface area contributed by atoms with E-state index in [9.17, 15) is 43.5 Å². The van der Waals surface area contributed by atoms with Crippen LogP contribution in [-0.2, 0) is 55.8 Å². The van der Waals surface area contributed by atoms with E-state index >= 15 is 0 Å². The molecule has 0 aliphatic carbocycles. The molecule has 0 rings (SSSR count). The van der Waals surface area contributed by atoms with Gasteiger partial charge >= 0.3 is 33.6 Å². The predicted molar refractivity (Wildman–Crippen MR) is 519 cm³/mol. The number of phosphoric ester groups is 2. The molecule has 0 aliphatic heterocycles. The van der Waals surface area contributed by atoms with Crippen LogP contribution >= 0.6 is 15.6 Å². The highest BCUT2D eigenvalue weighted by atomic mass is 31.2. The second kappa shape index (κ2) is 96.0. The van der Waals surface area contributed by atoms with Crippen molar-refractivity contribution in [2.24, 2.45) is 0 Å². The fraction of sp³-hybridized carbons (Fsp3) is 0.705. The largest absolute Gasteiger partial charge is 0.472 e. The number of hydrogen-bond acceptors (Lipinski definition) is 14. The lowest BCUT2D eigenvalue weighted by molar-refractivity contribution is -0.161. The second-order valence-corrected chi connectivity index (χ2v) is 35.7. The summed E-state index contributed by atoms with van der Waals surface area (Å²) in [6, 6.07) is 0. The summed E-state index contributed by atoms with van der Waals surface area (Å²) < 4.78 is 61.6. The molecule has 0 radical (unpaired) electrons. The zero-order valence-electron chi connectivity index (χ0n) is 78.1. The van der Waals surface area contributed by atoms with Crippen LogP contribution in [0.2, 0.25) is 0 Å². The van der Waals surface area contributed by atoms with E-state index in [0.717, 1.165) is 167 Å². The average Bonchev–Trinajstić information content (AvgIpc) is 0.893. The first kappa shape index (κ1) is 118. The van der Waals surface area contributed by atoms with Crippen LogP contribution in [0.3, 0.4) is 0 Å². The molecule has 5 unspecified atom stereocenters. The number of unbranched alkanes of at least 4 members (excludes halogenated alkanes) is 42. The van der Waals surface area contributed by atoms with Crippen LogP contribution in [0.5, 0.6) is 0 Å². The third-order valence-corrected chi connectivity index (χ3v) is 22.8. The maximum absolute atomic E-state index is 13.1. The zero-order chi connectivity index (χ0) is 89.3. The van der Waals surface area contributed by atoms with Crippen molar-refractivity contribution < 1.29 is 75.8 Å². The van der Waals surface area contributed by atoms with E-state index in [4.69, 9.17) is 32.3 Å². The van der Waals surface area contributed by atoms with Crippen molar-refractivity contribution in [3.05, 3.63) is 170 Å². The predicted octanol–water partition coefficient (Wildman–Crippen LogP) is 31.0. The van der Waals surface area contributed by atoms with Gasteiger partial charge in [-0.25, -0.2) is 9.13 Å². The fourth-order valence-electron chi connectivity index (χ4n) is 13.5. The summed E-state index contributed by atoms with van der Waals surface area (Å²) >= 11 is 0. The topological polar surface area (TPSA) is 231 Å². The molecule has 0 fully saturated rings. The lowest BCUT2D eigenvalue weighted by atomic mass is 10.0. The number of carbonyl (C=O) groups is 3. The van der Waals surface area contributed by atoms with Gasteiger partial charge in [0.15, 0.2) is 6.10 Å². The Hall–Kier alpha value is -5.09. The number of ether oxygens (including phenoxy) is 3. The Morgan fingerprint density at radius 3 is 0.683 bits per heavy atom. The molecular formula is C105H180O16P2. The van der Waals surface area contributed by atoms with Gasteiger partial charge in [0.2, 0.25) is 0 Å². The van der Waals surface area contributed by atoms with Crippen molar-refractivity contribution in [3.8, 4) is 0 Å². The number of carbonyl (C=O) groups excluding carboxylic acids is 3. The van der Waals surface area contributed by atoms with E-state index in [2.05, 4.69) is 191 Å². The molecule has 16 nitrogen and oxygen atoms in total. The molecule has 18 heteroatoms. The standard InChI is InChI=1S/C105H180O16P2/c1-4-7-10-13-16-19-22-25-28-31-34-37-40-43-46-47-48-49-50-51-54-56-58-61-64-67-70-73-76-79-82-85-88-91-103(108)115-94-100(106)95-117-122(111,112)118-96-101(107)97-119-123(113,114)120-99-102(121-105(110)93-90-87-84-81-78-75-72-69-66-63-60-57-53-45-42-39-36-33-30-27-24-21-18-15-12-9-6-3)98-116-104(109)92-89-86-83-80-77-74-71-68-65-62-59-55-52-44-41-38-35-32-29-26-23-20-17-14-11-8-5-2/h8-9,11-12,16-21,25-30,34-39,43-46,52-53,100-102,106-107H,4-7,10,13-15,22-24,31-33,40-42,47-51,54-99H2,1-3H3,(H,111,112)(H,113,114)/b11-8-,12-9-,19-16-,20-17-,21-18-,28-25-,29-26-,30-27-,37-34-,38-35-,39-36-,46-43-,52-44-,53-45-. The lowest BCUT2D eigenvalue weighted by Gasteiger charge is -2.21. The Morgan fingerprint density at radius 1 is 0.236 bits per heavy atom. The van der Waals surface area contributed by atoms with Crippen molar-refractivity contribution >= 4 is 33.6 Å². The number of aliphatic hydroxyl groups is 2. The van der Waals surface area contributed by atoms with E-state index in [-0.39, 0.29) is 19.3 Å². The quantitative estimate of drug-likeness (QED) is 0.0146. The summed E-state index contributed by atoms with van der Waals surface area (Å²) in [7, 11) is -9.82. The van der Waals surface area contributed by atoms with Gasteiger partial charge in [0.05, 0.1) is 26.4 Å². The molecule has 0 amide bonds. The summed E-state index contributed by atoms with van der Waals surface area (Å²) in [6.45, 7) is 2.49. The van der Waals surface area contributed by atoms with Gasteiger partial charge in [0.25, 0.3) is 0 Å². The smallest absolute Gasteiger partial charge is 0.463 e. The number of esters is 3. The van der Waals surface area contributed by atoms with Crippen molar-refractivity contribution in [2.45, 2.75) is 437 Å². The Labute approximate surface area is 752 Å². The minimum Gasteiger partial charge on any atom is -0.463 e. The van der Waals surface area contributed by atoms with Crippen LogP contribution in [0.4, 0.5) is 0 Å². The van der Waals surface area contributed by atoms with Crippen LogP contribution in [0.15, 0.2) is 170 Å². The third kappa shape index (κ3) is 97.4. The van der Waals surface area contributed by atoms with E-state index in [0.29, 0.717) is 19.3 Å². The molecular weight excluding hydrogens is 1580 g/mol. The Bertz CT molecular complexity index is 2920. The summed E-state index contributed by atoms with van der Waals surface area (Å²) in [5.41, 5.74) is 0. The summed E-state index contributed by atoms with van der Waals surface area (Å²) in [5.74, 6) is -1.57. The summed E-state index contributed by atoms with van der Waals surface area (Å²) in [6.07, 6.45) is 125. The molecule has 123 heavy (non-hydrogen) atoms. The summed E-state index contributed by atoms with van der Waals surface area (Å²) in [5, 5.41) is 20.8. The molecule has 0 aromatic rings. The molecule has 0 heterocycles. The highest BCUT2D eigenvalue weighted by molar-refractivity contribution is 7.47. The Morgan fingerprint density at radius 2 is 0.431 bits per heavy atom.